The number of benzene rings is 3. The molecule has 0 aliphatic rings. The topological polar surface area (TPSA) is 66.9 Å². The zero-order valence-corrected chi connectivity index (χ0v) is 18.1. The Hall–Kier alpha value is -3.51. The highest BCUT2D eigenvalue weighted by atomic mass is 35.5. The summed E-state index contributed by atoms with van der Waals surface area (Å²) in [5, 5.41) is 7.65. The molecule has 0 unspecified atom stereocenters. The van der Waals surface area contributed by atoms with Gasteiger partial charge in [0.05, 0.1) is 11.9 Å². The monoisotopic (exact) mass is 448 g/mol. The van der Waals surface area contributed by atoms with E-state index in [0.717, 1.165) is 22.0 Å². The van der Waals surface area contributed by atoms with Crippen molar-refractivity contribution in [3.05, 3.63) is 101 Å². The zero-order chi connectivity index (χ0) is 22.3. The summed E-state index contributed by atoms with van der Waals surface area (Å²) in [4.78, 5) is 21.5. The van der Waals surface area contributed by atoms with Gasteiger partial charge in [0.15, 0.2) is 0 Å². The van der Waals surface area contributed by atoms with Gasteiger partial charge in [-0.25, -0.2) is 14.4 Å². The number of rotatable bonds is 8. The fourth-order valence-corrected chi connectivity index (χ4v) is 3.54. The van der Waals surface area contributed by atoms with Gasteiger partial charge < -0.3 is 10.6 Å². The summed E-state index contributed by atoms with van der Waals surface area (Å²) in [6, 6.07) is 21.5. The number of carbonyl (C=O) groups excluding carboxylic acids is 1. The molecule has 162 valence electrons. The second-order valence-corrected chi connectivity index (χ2v) is 7.83. The Bertz CT molecular complexity index is 1220. The minimum absolute atomic E-state index is 0.123. The Kier molecular flexibility index (Phi) is 6.92. The molecular weight excluding hydrogens is 427 g/mol. The molecule has 0 aliphatic heterocycles. The average Bonchev–Trinajstić information content (AvgIpc) is 2.78. The normalized spacial score (nSPS) is 10.8. The summed E-state index contributed by atoms with van der Waals surface area (Å²) in [7, 11) is 0. The van der Waals surface area contributed by atoms with E-state index in [0.29, 0.717) is 36.2 Å². The summed E-state index contributed by atoms with van der Waals surface area (Å²) >= 11 is 6.17. The van der Waals surface area contributed by atoms with Crippen molar-refractivity contribution in [3.63, 3.8) is 0 Å². The van der Waals surface area contributed by atoms with Crippen molar-refractivity contribution in [2.24, 2.45) is 0 Å². The SMILES string of the molecule is O=C(Cc1ccc(F)cc1)NCCNc1nc(Cc2ccccc2)nc2cc(Cl)ccc12. The van der Waals surface area contributed by atoms with Crippen LogP contribution >= 0.6 is 11.6 Å². The van der Waals surface area contributed by atoms with Crippen LogP contribution in [0, 0.1) is 5.82 Å². The maximum absolute atomic E-state index is 13.0. The number of aromatic nitrogens is 2. The molecule has 0 saturated carbocycles. The van der Waals surface area contributed by atoms with Gasteiger partial charge in [-0.3, -0.25) is 4.79 Å². The van der Waals surface area contributed by atoms with Gasteiger partial charge in [0.1, 0.15) is 17.5 Å². The smallest absolute Gasteiger partial charge is 0.224 e. The number of carbonyl (C=O) groups is 1. The molecule has 1 aromatic heterocycles. The first kappa shape index (κ1) is 21.7. The standard InChI is InChI=1S/C25H22ClFN4O/c26-19-8-11-21-22(16-19)30-23(14-17-4-2-1-3-5-17)31-25(21)29-13-12-28-24(32)15-18-6-9-20(27)10-7-18/h1-11,16H,12-15H2,(H,28,32)(H,29,30,31). The number of fused-ring (bicyclic) bond motifs is 1. The number of anilines is 1. The second-order valence-electron chi connectivity index (χ2n) is 7.39. The maximum Gasteiger partial charge on any atom is 0.224 e. The predicted octanol–water partition coefficient (Wildman–Crippen LogP) is 4.78. The molecule has 3 aromatic carbocycles. The van der Waals surface area contributed by atoms with Crippen molar-refractivity contribution in [2.45, 2.75) is 12.8 Å². The number of nitrogens with zero attached hydrogens (tertiary/aromatic N) is 2. The van der Waals surface area contributed by atoms with Crippen LogP contribution in [0.5, 0.6) is 0 Å². The van der Waals surface area contributed by atoms with Gasteiger partial charge in [-0.15, -0.1) is 0 Å². The van der Waals surface area contributed by atoms with Crippen LogP contribution in [-0.4, -0.2) is 29.0 Å². The van der Waals surface area contributed by atoms with Crippen LogP contribution in [0.25, 0.3) is 10.9 Å². The Morgan fingerprint density at radius 2 is 1.69 bits per heavy atom. The molecule has 0 saturated heterocycles. The van der Waals surface area contributed by atoms with E-state index >= 15 is 0 Å². The van der Waals surface area contributed by atoms with Crippen molar-refractivity contribution in [2.75, 3.05) is 18.4 Å². The van der Waals surface area contributed by atoms with Gasteiger partial charge in [0.2, 0.25) is 5.91 Å². The van der Waals surface area contributed by atoms with Crippen LogP contribution in [0.3, 0.4) is 0 Å². The predicted molar refractivity (Wildman–Crippen MR) is 125 cm³/mol. The first-order chi connectivity index (χ1) is 15.6. The largest absolute Gasteiger partial charge is 0.368 e. The molecule has 0 spiro atoms. The minimum atomic E-state index is -0.316. The lowest BCUT2D eigenvalue weighted by Crippen LogP contribution is -2.30. The van der Waals surface area contributed by atoms with Crippen LogP contribution in [-0.2, 0) is 17.6 Å². The molecule has 5 nitrogen and oxygen atoms in total. The number of hydrogen-bond acceptors (Lipinski definition) is 4. The molecule has 2 N–H and O–H groups in total. The van der Waals surface area contributed by atoms with Crippen LogP contribution in [0.4, 0.5) is 10.2 Å². The highest BCUT2D eigenvalue weighted by Gasteiger charge is 2.10. The number of hydrogen-bond donors (Lipinski definition) is 2. The number of halogens is 2. The van der Waals surface area contributed by atoms with Crippen molar-refractivity contribution < 1.29 is 9.18 Å². The van der Waals surface area contributed by atoms with Gasteiger partial charge in [0.25, 0.3) is 0 Å². The molecule has 7 heteroatoms. The molecule has 0 bridgehead atoms. The highest BCUT2D eigenvalue weighted by Crippen LogP contribution is 2.24. The fraction of sp³-hybridized carbons (Fsp3) is 0.160. The summed E-state index contributed by atoms with van der Waals surface area (Å²) in [5.74, 6) is 0.949. The molecule has 0 aliphatic carbocycles. The van der Waals surface area contributed by atoms with E-state index in [1.165, 1.54) is 12.1 Å². The van der Waals surface area contributed by atoms with E-state index in [1.54, 1.807) is 18.2 Å². The molecule has 32 heavy (non-hydrogen) atoms. The number of amides is 1. The number of nitrogens with one attached hydrogen (secondary N) is 2. The third-order valence-electron chi connectivity index (χ3n) is 4.93. The Balaban J connectivity index is 1.41. The first-order valence-electron chi connectivity index (χ1n) is 10.3. The summed E-state index contributed by atoms with van der Waals surface area (Å²) in [6.45, 7) is 0.918. The Morgan fingerprint density at radius 1 is 0.906 bits per heavy atom. The van der Waals surface area contributed by atoms with E-state index in [2.05, 4.69) is 15.6 Å². The third kappa shape index (κ3) is 5.80. The lowest BCUT2D eigenvalue weighted by molar-refractivity contribution is -0.120. The average molecular weight is 449 g/mol. The van der Waals surface area contributed by atoms with Crippen molar-refractivity contribution in [1.82, 2.24) is 15.3 Å². The molecule has 0 fully saturated rings. The van der Waals surface area contributed by atoms with Gasteiger partial charge in [-0.2, -0.15) is 0 Å². The lowest BCUT2D eigenvalue weighted by atomic mass is 10.1. The van der Waals surface area contributed by atoms with Gasteiger partial charge >= 0.3 is 0 Å². The fourth-order valence-electron chi connectivity index (χ4n) is 3.38. The second kappa shape index (κ2) is 10.2. The van der Waals surface area contributed by atoms with Crippen LogP contribution < -0.4 is 10.6 Å². The van der Waals surface area contributed by atoms with Crippen molar-refractivity contribution in [1.29, 1.82) is 0 Å². The maximum atomic E-state index is 13.0. The quantitative estimate of drug-likeness (QED) is 0.380. The van der Waals surface area contributed by atoms with E-state index < -0.39 is 0 Å². The molecule has 0 atom stereocenters. The Labute approximate surface area is 190 Å². The van der Waals surface area contributed by atoms with Crippen molar-refractivity contribution >= 4 is 34.2 Å². The molecule has 1 heterocycles. The summed E-state index contributed by atoms with van der Waals surface area (Å²) < 4.78 is 13.0. The minimum Gasteiger partial charge on any atom is -0.368 e. The van der Waals surface area contributed by atoms with Gasteiger partial charge in [-0.05, 0) is 41.5 Å². The molecular formula is C25H22ClFN4O. The zero-order valence-electron chi connectivity index (χ0n) is 17.3. The third-order valence-corrected chi connectivity index (χ3v) is 5.16. The summed E-state index contributed by atoms with van der Waals surface area (Å²) in [6.07, 6.45) is 0.808. The Morgan fingerprint density at radius 3 is 2.47 bits per heavy atom. The molecule has 1 amide bonds. The van der Waals surface area contributed by atoms with Gasteiger partial charge in [-0.1, -0.05) is 54.1 Å². The first-order valence-corrected chi connectivity index (χ1v) is 10.7. The highest BCUT2D eigenvalue weighted by molar-refractivity contribution is 6.31. The molecule has 0 radical (unpaired) electrons. The molecule has 4 aromatic rings. The summed E-state index contributed by atoms with van der Waals surface area (Å²) in [5.41, 5.74) is 2.65. The lowest BCUT2D eigenvalue weighted by Gasteiger charge is -2.12. The molecule has 4 rings (SSSR count). The van der Waals surface area contributed by atoms with Gasteiger partial charge in [0, 0.05) is 29.9 Å². The van der Waals surface area contributed by atoms with E-state index in [-0.39, 0.29) is 18.1 Å². The van der Waals surface area contributed by atoms with Crippen molar-refractivity contribution in [3.8, 4) is 0 Å². The van der Waals surface area contributed by atoms with Crippen LogP contribution in [0.1, 0.15) is 17.0 Å². The van der Waals surface area contributed by atoms with E-state index in [1.807, 2.05) is 42.5 Å². The van der Waals surface area contributed by atoms with E-state index in [4.69, 9.17) is 16.6 Å². The van der Waals surface area contributed by atoms with Crippen LogP contribution in [0.2, 0.25) is 5.02 Å². The van der Waals surface area contributed by atoms with Crippen LogP contribution in [0.15, 0.2) is 72.8 Å². The van der Waals surface area contributed by atoms with E-state index in [9.17, 15) is 9.18 Å².